The number of hydrogen-bond donors (Lipinski definition) is 1. The standard InChI is InChI=1S/C16H21N5OS/c1-12-11-15(17)19-16(18-12)20-7-9-21(10-8-20)23-14-5-3-13(22-2)4-6-14/h3-6,11H,7-10H2,1-2H3,(H2,17,18,19). The van der Waals surface area contributed by atoms with Gasteiger partial charge < -0.3 is 15.4 Å². The van der Waals surface area contributed by atoms with Crippen LogP contribution in [0.4, 0.5) is 11.8 Å². The molecule has 2 N–H and O–H groups in total. The zero-order chi connectivity index (χ0) is 16.2. The average Bonchev–Trinajstić information content (AvgIpc) is 2.55. The SMILES string of the molecule is COc1ccc(SN2CCN(c3nc(C)cc(N)n3)CC2)cc1. The van der Waals surface area contributed by atoms with Crippen molar-refractivity contribution in [2.24, 2.45) is 0 Å². The Morgan fingerprint density at radius 3 is 2.39 bits per heavy atom. The lowest BCUT2D eigenvalue weighted by Gasteiger charge is -2.34. The molecule has 0 atom stereocenters. The number of nitrogens with zero attached hydrogens (tertiary/aromatic N) is 4. The molecule has 0 aliphatic carbocycles. The van der Waals surface area contributed by atoms with Gasteiger partial charge in [-0.25, -0.2) is 9.29 Å². The molecule has 0 amide bonds. The van der Waals surface area contributed by atoms with Crippen LogP contribution in [0.2, 0.25) is 0 Å². The highest BCUT2D eigenvalue weighted by Crippen LogP contribution is 2.26. The first-order valence-electron chi connectivity index (χ1n) is 7.57. The molecule has 1 aromatic carbocycles. The van der Waals surface area contributed by atoms with Crippen molar-refractivity contribution in [3.63, 3.8) is 0 Å². The van der Waals surface area contributed by atoms with Crippen LogP contribution in [0.5, 0.6) is 5.75 Å². The number of anilines is 2. The van der Waals surface area contributed by atoms with Gasteiger partial charge >= 0.3 is 0 Å². The predicted molar refractivity (Wildman–Crippen MR) is 93.8 cm³/mol. The van der Waals surface area contributed by atoms with Crippen LogP contribution in [0, 0.1) is 6.92 Å². The van der Waals surface area contributed by atoms with E-state index in [0.29, 0.717) is 5.82 Å². The molecular formula is C16H21N5OS. The first-order valence-corrected chi connectivity index (χ1v) is 8.34. The summed E-state index contributed by atoms with van der Waals surface area (Å²) >= 11 is 1.77. The lowest BCUT2D eigenvalue weighted by molar-refractivity contribution is 0.414. The molecule has 6 nitrogen and oxygen atoms in total. The molecular weight excluding hydrogens is 310 g/mol. The Kier molecular flexibility index (Phi) is 4.88. The lowest BCUT2D eigenvalue weighted by Crippen LogP contribution is -2.44. The maximum absolute atomic E-state index is 5.82. The van der Waals surface area contributed by atoms with Crippen molar-refractivity contribution in [2.45, 2.75) is 11.8 Å². The van der Waals surface area contributed by atoms with Gasteiger partial charge in [0.25, 0.3) is 0 Å². The number of piperazine rings is 1. The fraction of sp³-hybridized carbons (Fsp3) is 0.375. The number of rotatable bonds is 4. The third-order valence-electron chi connectivity index (χ3n) is 3.68. The molecule has 0 unspecified atom stereocenters. The van der Waals surface area contributed by atoms with Crippen LogP contribution in [0.3, 0.4) is 0 Å². The summed E-state index contributed by atoms with van der Waals surface area (Å²) in [7, 11) is 1.68. The van der Waals surface area contributed by atoms with Crippen LogP contribution in [0.15, 0.2) is 35.2 Å². The largest absolute Gasteiger partial charge is 0.497 e. The number of aromatic nitrogens is 2. The van der Waals surface area contributed by atoms with E-state index < -0.39 is 0 Å². The summed E-state index contributed by atoms with van der Waals surface area (Å²) in [5.41, 5.74) is 6.72. The van der Waals surface area contributed by atoms with Crippen molar-refractivity contribution in [2.75, 3.05) is 43.9 Å². The van der Waals surface area contributed by atoms with Crippen molar-refractivity contribution < 1.29 is 4.74 Å². The smallest absolute Gasteiger partial charge is 0.227 e. The molecule has 1 fully saturated rings. The maximum atomic E-state index is 5.82. The first kappa shape index (κ1) is 15.9. The second-order valence-corrected chi connectivity index (χ2v) is 6.59. The Labute approximate surface area is 140 Å². The van der Waals surface area contributed by atoms with Crippen LogP contribution >= 0.6 is 11.9 Å². The average molecular weight is 331 g/mol. The van der Waals surface area contributed by atoms with Gasteiger partial charge in [0.1, 0.15) is 11.6 Å². The minimum Gasteiger partial charge on any atom is -0.497 e. The van der Waals surface area contributed by atoms with E-state index in [-0.39, 0.29) is 0 Å². The summed E-state index contributed by atoms with van der Waals surface area (Å²) < 4.78 is 7.55. The molecule has 2 heterocycles. The molecule has 23 heavy (non-hydrogen) atoms. The Bertz CT molecular complexity index is 636. The topological polar surface area (TPSA) is 67.5 Å². The van der Waals surface area contributed by atoms with Crippen molar-refractivity contribution in [3.05, 3.63) is 36.0 Å². The van der Waals surface area contributed by atoms with E-state index in [1.54, 1.807) is 25.1 Å². The van der Waals surface area contributed by atoms with Crippen molar-refractivity contribution in [1.29, 1.82) is 0 Å². The van der Waals surface area contributed by atoms with E-state index >= 15 is 0 Å². The van der Waals surface area contributed by atoms with E-state index in [1.165, 1.54) is 4.90 Å². The van der Waals surface area contributed by atoms with Crippen LogP contribution in [-0.2, 0) is 0 Å². The van der Waals surface area contributed by atoms with Gasteiger partial charge in [-0.05, 0) is 43.1 Å². The number of benzene rings is 1. The van der Waals surface area contributed by atoms with Crippen molar-refractivity contribution in [3.8, 4) is 5.75 Å². The fourth-order valence-electron chi connectivity index (χ4n) is 2.48. The van der Waals surface area contributed by atoms with Crippen LogP contribution in [0.25, 0.3) is 0 Å². The van der Waals surface area contributed by atoms with E-state index in [2.05, 4.69) is 31.3 Å². The summed E-state index contributed by atoms with van der Waals surface area (Å²) in [6.45, 7) is 5.64. The van der Waals surface area contributed by atoms with Gasteiger partial charge in [0.2, 0.25) is 5.95 Å². The molecule has 1 saturated heterocycles. The predicted octanol–water partition coefficient (Wildman–Crippen LogP) is 2.21. The number of nitrogen functional groups attached to an aromatic ring is 1. The van der Waals surface area contributed by atoms with E-state index in [4.69, 9.17) is 10.5 Å². The molecule has 3 rings (SSSR count). The zero-order valence-corrected chi connectivity index (χ0v) is 14.2. The molecule has 7 heteroatoms. The Balaban J connectivity index is 1.57. The summed E-state index contributed by atoms with van der Waals surface area (Å²) in [6, 6.07) is 9.93. The van der Waals surface area contributed by atoms with Gasteiger partial charge in [0.05, 0.1) is 7.11 Å². The number of methoxy groups -OCH3 is 1. The molecule has 0 radical (unpaired) electrons. The van der Waals surface area contributed by atoms with Crippen LogP contribution in [0.1, 0.15) is 5.69 Å². The molecule has 0 bridgehead atoms. The van der Waals surface area contributed by atoms with E-state index in [9.17, 15) is 0 Å². The monoisotopic (exact) mass is 331 g/mol. The molecule has 1 aliphatic rings. The highest BCUT2D eigenvalue weighted by atomic mass is 32.2. The van der Waals surface area contributed by atoms with Gasteiger partial charge in [0, 0.05) is 42.8 Å². The number of ether oxygens (including phenoxy) is 1. The summed E-state index contributed by atoms with van der Waals surface area (Å²) in [5.74, 6) is 2.15. The van der Waals surface area contributed by atoms with Crippen LogP contribution < -0.4 is 15.4 Å². The Morgan fingerprint density at radius 2 is 1.78 bits per heavy atom. The summed E-state index contributed by atoms with van der Waals surface area (Å²) in [5, 5.41) is 0. The minimum absolute atomic E-state index is 0.530. The molecule has 122 valence electrons. The van der Waals surface area contributed by atoms with Gasteiger partial charge in [-0.3, -0.25) is 0 Å². The molecule has 1 aromatic heterocycles. The Morgan fingerprint density at radius 1 is 1.09 bits per heavy atom. The van der Waals surface area contributed by atoms with Gasteiger partial charge in [0.15, 0.2) is 0 Å². The Hall–Kier alpha value is -1.99. The number of aryl methyl sites for hydroxylation is 1. The molecule has 1 aliphatic heterocycles. The molecule has 2 aromatic rings. The lowest BCUT2D eigenvalue weighted by atomic mass is 10.3. The third kappa shape index (κ3) is 4.05. The van der Waals surface area contributed by atoms with Crippen molar-refractivity contribution in [1.82, 2.24) is 14.3 Å². The molecule has 0 saturated carbocycles. The minimum atomic E-state index is 0.530. The second-order valence-electron chi connectivity index (χ2n) is 5.42. The number of nitrogens with two attached hydrogens (primary N) is 1. The highest BCUT2D eigenvalue weighted by molar-refractivity contribution is 7.97. The number of hydrogen-bond acceptors (Lipinski definition) is 7. The molecule has 0 spiro atoms. The van der Waals surface area contributed by atoms with Gasteiger partial charge in [-0.1, -0.05) is 0 Å². The fourth-order valence-corrected chi connectivity index (χ4v) is 3.39. The zero-order valence-electron chi connectivity index (χ0n) is 13.4. The van der Waals surface area contributed by atoms with E-state index in [1.807, 2.05) is 19.1 Å². The quantitative estimate of drug-likeness (QED) is 0.862. The highest BCUT2D eigenvalue weighted by Gasteiger charge is 2.20. The maximum Gasteiger partial charge on any atom is 0.227 e. The van der Waals surface area contributed by atoms with Crippen LogP contribution in [-0.4, -0.2) is 47.6 Å². The third-order valence-corrected chi connectivity index (χ3v) is 4.78. The van der Waals surface area contributed by atoms with Gasteiger partial charge in [-0.2, -0.15) is 4.98 Å². The first-order chi connectivity index (χ1) is 11.1. The second kappa shape index (κ2) is 7.06. The normalized spacial score (nSPS) is 15.7. The van der Waals surface area contributed by atoms with Crippen molar-refractivity contribution >= 4 is 23.7 Å². The summed E-state index contributed by atoms with van der Waals surface area (Å²) in [4.78, 5) is 12.2. The summed E-state index contributed by atoms with van der Waals surface area (Å²) in [6.07, 6.45) is 0. The van der Waals surface area contributed by atoms with Gasteiger partial charge in [-0.15, -0.1) is 0 Å². The van der Waals surface area contributed by atoms with E-state index in [0.717, 1.165) is 43.6 Å².